The van der Waals surface area contributed by atoms with Crippen LogP contribution in [0.4, 0.5) is 17.1 Å². The van der Waals surface area contributed by atoms with Gasteiger partial charge in [0.25, 0.3) is 0 Å². The lowest BCUT2D eigenvalue weighted by Crippen LogP contribution is -2.13. The molecule has 1 aliphatic carbocycles. The molecule has 12 aromatic rings. The lowest BCUT2D eigenvalue weighted by atomic mass is 9.80. The van der Waals surface area contributed by atoms with Crippen LogP contribution < -0.4 is 4.90 Å². The SMILES string of the molecule is c1ccc(-n2c3ccccc3c3c(-c4cccc(N(c5ccccc5-c5cccc6c5sc5ccccc56)c5ccccc5-c5cccc6cccc(C7CCCCC7)c56)c4)cccc32)cc1. The Morgan fingerprint density at radius 3 is 1.85 bits per heavy atom. The van der Waals surface area contributed by atoms with E-state index in [-0.39, 0.29) is 0 Å². The van der Waals surface area contributed by atoms with Gasteiger partial charge in [0.1, 0.15) is 0 Å². The molecule has 0 unspecified atom stereocenters. The van der Waals surface area contributed by atoms with Gasteiger partial charge in [-0.3, -0.25) is 0 Å². The maximum Gasteiger partial charge on any atom is 0.0547 e. The Labute approximate surface area is 395 Å². The van der Waals surface area contributed by atoms with Crippen molar-refractivity contribution in [3.8, 4) is 39.1 Å². The summed E-state index contributed by atoms with van der Waals surface area (Å²) in [7, 11) is 0. The van der Waals surface area contributed by atoms with Crippen LogP contribution in [0.5, 0.6) is 0 Å². The summed E-state index contributed by atoms with van der Waals surface area (Å²) in [5.74, 6) is 0.566. The third-order valence-electron chi connectivity index (χ3n) is 14.4. The Morgan fingerprint density at radius 2 is 1.01 bits per heavy atom. The Bertz CT molecular complexity index is 3810. The van der Waals surface area contributed by atoms with Gasteiger partial charge in [-0.2, -0.15) is 0 Å². The summed E-state index contributed by atoms with van der Waals surface area (Å²) in [6.45, 7) is 0. The minimum Gasteiger partial charge on any atom is -0.309 e. The molecule has 0 aliphatic heterocycles. The molecule has 2 aromatic heterocycles. The van der Waals surface area contributed by atoms with Gasteiger partial charge in [0.15, 0.2) is 0 Å². The van der Waals surface area contributed by atoms with Crippen LogP contribution in [0.2, 0.25) is 0 Å². The van der Waals surface area contributed by atoms with Crippen molar-refractivity contribution in [2.45, 2.75) is 38.0 Å². The minimum absolute atomic E-state index is 0.566. The van der Waals surface area contributed by atoms with Crippen molar-refractivity contribution in [1.29, 1.82) is 0 Å². The molecule has 13 rings (SSSR count). The molecular weight excluding hydrogens is 829 g/mol. The number of benzene rings is 10. The van der Waals surface area contributed by atoms with Crippen molar-refractivity contribution in [2.75, 3.05) is 4.90 Å². The van der Waals surface area contributed by atoms with Crippen molar-refractivity contribution in [2.24, 2.45) is 0 Å². The van der Waals surface area contributed by atoms with Crippen LogP contribution in [-0.4, -0.2) is 4.57 Å². The van der Waals surface area contributed by atoms with Crippen LogP contribution >= 0.6 is 11.3 Å². The third-order valence-corrected chi connectivity index (χ3v) is 15.6. The molecule has 0 atom stereocenters. The summed E-state index contributed by atoms with van der Waals surface area (Å²) >= 11 is 1.89. The van der Waals surface area contributed by atoms with E-state index in [1.165, 1.54) is 124 Å². The molecule has 2 heterocycles. The predicted molar refractivity (Wildman–Crippen MR) is 288 cm³/mol. The highest BCUT2D eigenvalue weighted by molar-refractivity contribution is 7.26. The number of anilines is 3. The van der Waals surface area contributed by atoms with Gasteiger partial charge in [0.2, 0.25) is 0 Å². The highest BCUT2D eigenvalue weighted by Gasteiger charge is 2.26. The van der Waals surface area contributed by atoms with Crippen molar-refractivity contribution in [3.05, 3.63) is 230 Å². The standard InChI is InChI=1S/C64H48N2S/c1-3-20-43(21-4-1)48-32-16-22-44-23-17-34-53(62(44)48)50-28-7-11-37-57(50)66(58-38-12-8-29-51(58)54-35-18-36-55-52-30-10-14-41-61(52)67-64(54)55)47-27-15-24-45(42-47)49-33-19-40-60-63(49)56-31-9-13-39-59(56)65(60)46-25-5-2-6-26-46/h2,5-19,22-43H,1,3-4,20-21H2. The molecule has 67 heavy (non-hydrogen) atoms. The van der Waals surface area contributed by atoms with Gasteiger partial charge in [-0.25, -0.2) is 0 Å². The second kappa shape index (κ2) is 16.6. The van der Waals surface area contributed by atoms with Crippen LogP contribution in [0.3, 0.4) is 0 Å². The molecule has 2 nitrogen and oxygen atoms in total. The maximum absolute atomic E-state index is 2.55. The molecule has 320 valence electrons. The van der Waals surface area contributed by atoms with Gasteiger partial charge < -0.3 is 9.47 Å². The van der Waals surface area contributed by atoms with E-state index >= 15 is 0 Å². The van der Waals surface area contributed by atoms with Crippen LogP contribution in [0.15, 0.2) is 224 Å². The zero-order chi connectivity index (χ0) is 44.3. The lowest BCUT2D eigenvalue weighted by Gasteiger charge is -2.31. The number of thiophene rings is 1. The predicted octanol–water partition coefficient (Wildman–Crippen LogP) is 18.8. The Morgan fingerprint density at radius 1 is 0.418 bits per heavy atom. The fourth-order valence-electron chi connectivity index (χ4n) is 11.4. The monoisotopic (exact) mass is 876 g/mol. The summed E-state index contributed by atoms with van der Waals surface area (Å²) in [5.41, 5.74) is 15.8. The van der Waals surface area contributed by atoms with Crippen molar-refractivity contribution < 1.29 is 0 Å². The van der Waals surface area contributed by atoms with Crippen LogP contribution in [0.1, 0.15) is 43.6 Å². The van der Waals surface area contributed by atoms with E-state index in [4.69, 9.17) is 0 Å². The second-order valence-corrected chi connectivity index (χ2v) is 19.2. The summed E-state index contributed by atoms with van der Waals surface area (Å²) < 4.78 is 5.03. The molecule has 0 amide bonds. The molecule has 0 spiro atoms. The molecular formula is C64H48N2S. The zero-order valence-electron chi connectivity index (χ0n) is 37.3. The quantitative estimate of drug-likeness (QED) is 0.148. The van der Waals surface area contributed by atoms with Crippen molar-refractivity contribution in [3.63, 3.8) is 0 Å². The van der Waals surface area contributed by atoms with Crippen molar-refractivity contribution >= 4 is 81.1 Å². The number of hydrogen-bond acceptors (Lipinski definition) is 2. The van der Waals surface area contributed by atoms with E-state index in [1.54, 1.807) is 0 Å². The van der Waals surface area contributed by atoms with Gasteiger partial charge in [0.05, 0.1) is 22.4 Å². The number of rotatable bonds is 8. The average Bonchev–Trinajstić information content (AvgIpc) is 3.96. The number of nitrogens with zero attached hydrogens (tertiary/aromatic N) is 2. The van der Waals surface area contributed by atoms with Gasteiger partial charge in [-0.05, 0) is 106 Å². The van der Waals surface area contributed by atoms with E-state index in [0.29, 0.717) is 5.92 Å². The summed E-state index contributed by atoms with van der Waals surface area (Å²) in [4.78, 5) is 2.55. The van der Waals surface area contributed by atoms with Crippen LogP contribution in [0.25, 0.3) is 91.8 Å². The first-order chi connectivity index (χ1) is 33.3. The van der Waals surface area contributed by atoms with E-state index in [9.17, 15) is 0 Å². The van der Waals surface area contributed by atoms with E-state index in [2.05, 4.69) is 234 Å². The Balaban J connectivity index is 1.07. The van der Waals surface area contributed by atoms with Gasteiger partial charge in [-0.1, -0.05) is 189 Å². The first kappa shape index (κ1) is 39.6. The molecule has 0 radical (unpaired) electrons. The topological polar surface area (TPSA) is 8.17 Å². The molecule has 0 bridgehead atoms. The third kappa shape index (κ3) is 6.68. The molecule has 1 fully saturated rings. The van der Waals surface area contributed by atoms with Crippen molar-refractivity contribution in [1.82, 2.24) is 4.57 Å². The smallest absolute Gasteiger partial charge is 0.0547 e. The number of fused-ring (bicyclic) bond motifs is 7. The highest BCUT2D eigenvalue weighted by Crippen LogP contribution is 2.50. The average molecular weight is 877 g/mol. The normalized spacial score (nSPS) is 13.3. The minimum atomic E-state index is 0.566. The summed E-state index contributed by atoms with van der Waals surface area (Å²) in [6.07, 6.45) is 6.44. The van der Waals surface area contributed by atoms with Gasteiger partial charge in [0, 0.05) is 59.0 Å². The molecule has 10 aromatic carbocycles. The number of hydrogen-bond donors (Lipinski definition) is 0. The van der Waals surface area contributed by atoms with E-state index in [1.807, 2.05) is 11.3 Å². The molecule has 1 saturated carbocycles. The molecule has 3 heteroatoms. The highest BCUT2D eigenvalue weighted by atomic mass is 32.1. The molecule has 0 N–H and O–H groups in total. The van der Waals surface area contributed by atoms with Crippen LogP contribution in [-0.2, 0) is 0 Å². The van der Waals surface area contributed by atoms with Gasteiger partial charge in [-0.15, -0.1) is 11.3 Å². The number of para-hydroxylation sites is 4. The largest absolute Gasteiger partial charge is 0.309 e. The fourth-order valence-corrected chi connectivity index (χ4v) is 12.7. The fraction of sp³-hybridized carbons (Fsp3) is 0.0938. The zero-order valence-corrected chi connectivity index (χ0v) is 38.1. The molecule has 1 aliphatic rings. The van der Waals surface area contributed by atoms with E-state index < -0.39 is 0 Å². The lowest BCUT2D eigenvalue weighted by molar-refractivity contribution is 0.445. The Hall–Kier alpha value is -7.72. The first-order valence-corrected chi connectivity index (χ1v) is 24.7. The second-order valence-electron chi connectivity index (χ2n) is 18.2. The van der Waals surface area contributed by atoms with Gasteiger partial charge >= 0.3 is 0 Å². The summed E-state index contributed by atoms with van der Waals surface area (Å²) in [6, 6.07) is 83.5. The first-order valence-electron chi connectivity index (χ1n) is 23.9. The summed E-state index contributed by atoms with van der Waals surface area (Å²) in [5, 5.41) is 7.82. The molecule has 0 saturated heterocycles. The van der Waals surface area contributed by atoms with E-state index in [0.717, 1.165) is 22.7 Å². The Kier molecular flexibility index (Phi) is 9.83. The number of aromatic nitrogens is 1. The van der Waals surface area contributed by atoms with Crippen LogP contribution in [0, 0.1) is 0 Å². The maximum atomic E-state index is 2.55.